The first-order valence-corrected chi connectivity index (χ1v) is 9.61. The van der Waals surface area contributed by atoms with Crippen molar-refractivity contribution in [3.63, 3.8) is 0 Å². The van der Waals surface area contributed by atoms with Gasteiger partial charge in [-0.2, -0.15) is 13.2 Å². The zero-order valence-corrected chi connectivity index (χ0v) is 17.4. The van der Waals surface area contributed by atoms with Gasteiger partial charge in [0, 0.05) is 17.9 Å². The minimum absolute atomic E-state index is 0.0326. The predicted molar refractivity (Wildman–Crippen MR) is 92.9 cm³/mol. The number of hydrogen-bond donors (Lipinski definition) is 0. The van der Waals surface area contributed by atoms with Gasteiger partial charge in [-0.3, -0.25) is 0 Å². The topological polar surface area (TPSA) is 9.23 Å². The summed E-state index contributed by atoms with van der Waals surface area (Å²) in [4.78, 5) is 1.12. The third-order valence-corrected chi connectivity index (χ3v) is 7.08. The summed E-state index contributed by atoms with van der Waals surface area (Å²) >= 11 is 14.0. The van der Waals surface area contributed by atoms with E-state index in [4.69, 9.17) is 4.74 Å². The molecule has 0 aliphatic carbocycles. The zero-order valence-electron chi connectivity index (χ0n) is 10.2. The van der Waals surface area contributed by atoms with E-state index in [1.54, 1.807) is 6.07 Å². The van der Waals surface area contributed by atoms with Crippen LogP contribution in [0.2, 0.25) is 0 Å². The van der Waals surface area contributed by atoms with Crippen LogP contribution in [0, 0.1) is 0 Å². The fourth-order valence-corrected chi connectivity index (χ4v) is 6.10. The van der Waals surface area contributed by atoms with Crippen LogP contribution in [0.4, 0.5) is 13.2 Å². The Morgan fingerprint density at radius 3 is 2.14 bits per heavy atom. The van der Waals surface area contributed by atoms with Crippen LogP contribution >= 0.6 is 75.5 Å². The van der Waals surface area contributed by atoms with Crippen LogP contribution < -0.4 is 4.74 Å². The molecule has 0 N–H and O–H groups in total. The minimum Gasteiger partial charge on any atom is -0.455 e. The lowest BCUT2D eigenvalue weighted by atomic mass is 10.2. The van der Waals surface area contributed by atoms with Gasteiger partial charge in [-0.05, 0) is 50.1 Å². The second kappa shape index (κ2) is 5.98. The molecule has 9 heteroatoms. The normalized spacial score (nSPS) is 13.4. The molecule has 1 heterocycles. The molecule has 0 saturated heterocycles. The van der Waals surface area contributed by atoms with Gasteiger partial charge in [-0.15, -0.1) is 0 Å². The van der Waals surface area contributed by atoms with Gasteiger partial charge in [0.25, 0.3) is 0 Å². The van der Waals surface area contributed by atoms with Crippen molar-refractivity contribution in [1.29, 1.82) is 0 Å². The Balaban J connectivity index is 2.20. The molecule has 22 heavy (non-hydrogen) atoms. The van der Waals surface area contributed by atoms with Crippen molar-refractivity contribution in [2.75, 3.05) is 0 Å². The molecule has 0 amide bonds. The molecule has 1 nitrogen and oxygen atoms in total. The van der Waals surface area contributed by atoms with Crippen LogP contribution in [0.25, 0.3) is 0 Å². The summed E-state index contributed by atoms with van der Waals surface area (Å²) in [5.74, 6) is 0.951. The average Bonchev–Trinajstić information content (AvgIpc) is 2.34. The monoisotopic (exact) mass is 580 g/mol. The number of rotatable bonds is 0. The highest BCUT2D eigenvalue weighted by molar-refractivity contribution is 9.11. The molecule has 0 fully saturated rings. The van der Waals surface area contributed by atoms with Gasteiger partial charge in [0.05, 0.1) is 15.4 Å². The van der Waals surface area contributed by atoms with E-state index in [0.717, 1.165) is 13.8 Å². The molecular weight excluding hydrogens is 581 g/mol. The van der Waals surface area contributed by atoms with E-state index >= 15 is 0 Å². The molecule has 0 saturated carbocycles. The third-order valence-electron chi connectivity index (χ3n) is 2.82. The average molecular weight is 584 g/mol. The molecule has 0 atom stereocenters. The van der Waals surface area contributed by atoms with E-state index < -0.39 is 11.7 Å². The predicted octanol–water partition coefficient (Wildman–Crippen LogP) is 8.01. The summed E-state index contributed by atoms with van der Waals surface area (Å²) in [6.07, 6.45) is -4.47. The molecule has 0 unspecified atom stereocenters. The number of benzene rings is 2. The molecular formula is C13H3Br4F3OS. The quantitative estimate of drug-likeness (QED) is 0.265. The van der Waals surface area contributed by atoms with E-state index in [-0.39, 0.29) is 8.95 Å². The van der Waals surface area contributed by atoms with Gasteiger partial charge < -0.3 is 4.74 Å². The summed E-state index contributed by atoms with van der Waals surface area (Å²) in [5.41, 5.74) is -0.751. The highest BCUT2D eigenvalue weighted by Gasteiger charge is 2.38. The van der Waals surface area contributed by atoms with Crippen molar-refractivity contribution in [2.24, 2.45) is 0 Å². The first kappa shape index (κ1) is 17.1. The molecule has 0 spiro atoms. The molecule has 3 rings (SSSR count). The first-order chi connectivity index (χ1) is 10.2. The fraction of sp³-hybridized carbons (Fsp3) is 0.0769. The van der Waals surface area contributed by atoms with Crippen molar-refractivity contribution in [1.82, 2.24) is 0 Å². The van der Waals surface area contributed by atoms with Crippen molar-refractivity contribution in [3.05, 3.63) is 41.7 Å². The summed E-state index contributed by atoms with van der Waals surface area (Å²) in [5, 5.41) is 0. The van der Waals surface area contributed by atoms with Crippen LogP contribution in [-0.2, 0) is 6.18 Å². The van der Waals surface area contributed by atoms with E-state index in [1.807, 2.05) is 6.07 Å². The van der Waals surface area contributed by atoms with Crippen molar-refractivity contribution in [3.8, 4) is 11.5 Å². The molecule has 1 aliphatic rings. The number of fused-ring (bicyclic) bond motifs is 2. The van der Waals surface area contributed by atoms with Crippen LogP contribution in [0.1, 0.15) is 5.56 Å². The Hall–Kier alpha value is 0.300. The number of alkyl halides is 3. The Morgan fingerprint density at radius 2 is 1.50 bits per heavy atom. The molecule has 0 radical (unpaired) electrons. The van der Waals surface area contributed by atoms with Crippen molar-refractivity contribution < 1.29 is 17.9 Å². The highest BCUT2D eigenvalue weighted by atomic mass is 79.9. The minimum atomic E-state index is -4.47. The third kappa shape index (κ3) is 2.99. The van der Waals surface area contributed by atoms with Gasteiger partial charge >= 0.3 is 6.18 Å². The largest absolute Gasteiger partial charge is 0.455 e. The van der Waals surface area contributed by atoms with E-state index in [2.05, 4.69) is 63.7 Å². The van der Waals surface area contributed by atoms with Gasteiger partial charge in [-0.1, -0.05) is 43.6 Å². The molecule has 2 aromatic rings. The van der Waals surface area contributed by atoms with Gasteiger partial charge in [-0.25, -0.2) is 0 Å². The lowest BCUT2D eigenvalue weighted by molar-refractivity contribution is -0.139. The van der Waals surface area contributed by atoms with Crippen LogP contribution in [0.15, 0.2) is 45.9 Å². The van der Waals surface area contributed by atoms with Crippen LogP contribution in [0.5, 0.6) is 11.5 Å². The number of halogens is 7. The van der Waals surface area contributed by atoms with E-state index in [0.29, 0.717) is 16.4 Å². The SMILES string of the molecule is FC(F)(F)c1c(Br)cc2c(c1Br)Sc1c(Br)cc(Br)cc1O2. The number of ether oxygens (including phenoxy) is 1. The number of hydrogen-bond acceptors (Lipinski definition) is 2. The Bertz CT molecular complexity index is 792. The summed E-state index contributed by atoms with van der Waals surface area (Å²) in [7, 11) is 0. The van der Waals surface area contributed by atoms with Crippen LogP contribution in [0.3, 0.4) is 0 Å². The zero-order chi connectivity index (χ0) is 16.2. The Kier molecular flexibility index (Phi) is 4.66. The second-order valence-corrected chi connectivity index (χ2v) is 8.73. The lowest BCUT2D eigenvalue weighted by Gasteiger charge is -2.24. The fourth-order valence-electron chi connectivity index (χ4n) is 1.94. The van der Waals surface area contributed by atoms with Crippen LogP contribution in [-0.4, -0.2) is 0 Å². The van der Waals surface area contributed by atoms with Gasteiger partial charge in [0.15, 0.2) is 0 Å². The van der Waals surface area contributed by atoms with E-state index in [1.165, 1.54) is 17.8 Å². The standard InChI is InChI=1S/C13H3Br4F3OS/c14-4-1-6(16)11-7(2-4)21-8-3-5(15)9(13(18,19)20)10(17)12(8)22-11/h1-3H. The van der Waals surface area contributed by atoms with Gasteiger partial charge in [0.2, 0.25) is 0 Å². The summed E-state index contributed by atoms with van der Waals surface area (Å²) < 4.78 is 46.8. The molecule has 0 aromatic heterocycles. The van der Waals surface area contributed by atoms with Gasteiger partial charge in [0.1, 0.15) is 11.5 Å². The summed E-state index contributed by atoms with van der Waals surface area (Å²) in [6, 6.07) is 4.93. The van der Waals surface area contributed by atoms with Crippen molar-refractivity contribution in [2.45, 2.75) is 16.0 Å². The maximum absolute atomic E-state index is 13.2. The first-order valence-electron chi connectivity index (χ1n) is 5.62. The Labute approximate surface area is 161 Å². The van der Waals surface area contributed by atoms with E-state index in [9.17, 15) is 13.2 Å². The maximum atomic E-state index is 13.2. The van der Waals surface area contributed by atoms with Crippen molar-refractivity contribution >= 4 is 75.5 Å². The highest BCUT2D eigenvalue weighted by Crippen LogP contribution is 2.56. The maximum Gasteiger partial charge on any atom is 0.418 e. The smallest absolute Gasteiger partial charge is 0.418 e. The molecule has 0 bridgehead atoms. The lowest BCUT2D eigenvalue weighted by Crippen LogP contribution is -2.09. The molecule has 1 aliphatic heterocycles. The molecule has 2 aromatic carbocycles. The Morgan fingerprint density at radius 1 is 0.864 bits per heavy atom. The molecule has 116 valence electrons. The second-order valence-electron chi connectivity index (χ2n) is 4.29. The summed E-state index contributed by atoms with van der Waals surface area (Å²) in [6.45, 7) is 0.